The van der Waals surface area contributed by atoms with Crippen LogP contribution in [0, 0.1) is 0 Å². The zero-order valence-electron chi connectivity index (χ0n) is 8.13. The Hall–Kier alpha value is -0.570. The number of hydrogen-bond donors (Lipinski definition) is 2. The van der Waals surface area contributed by atoms with Crippen molar-refractivity contribution < 1.29 is 5.11 Å². The number of aliphatic hydroxyl groups excluding tert-OH is 1. The Morgan fingerprint density at radius 2 is 2.29 bits per heavy atom. The summed E-state index contributed by atoms with van der Waals surface area (Å²) in [4.78, 5) is 0. The minimum atomic E-state index is -0.436. The van der Waals surface area contributed by atoms with Crippen molar-refractivity contribution in [3.8, 4) is 0 Å². The molecule has 1 aliphatic rings. The van der Waals surface area contributed by atoms with E-state index in [0.717, 1.165) is 12.0 Å². The van der Waals surface area contributed by atoms with Crippen LogP contribution in [0.25, 0.3) is 0 Å². The molecule has 0 aliphatic carbocycles. The van der Waals surface area contributed by atoms with Crippen molar-refractivity contribution >= 4 is 11.6 Å². The van der Waals surface area contributed by atoms with Crippen molar-refractivity contribution in [2.75, 3.05) is 6.54 Å². The number of hydrogen-bond acceptors (Lipinski definition) is 2. The lowest BCUT2D eigenvalue weighted by Crippen LogP contribution is -2.28. The lowest BCUT2D eigenvalue weighted by Gasteiger charge is -2.10. The van der Waals surface area contributed by atoms with Gasteiger partial charge in [0.25, 0.3) is 0 Å². The molecule has 3 heteroatoms. The van der Waals surface area contributed by atoms with E-state index in [1.807, 2.05) is 18.2 Å². The molecular formula is C11H14ClNO. The van der Waals surface area contributed by atoms with Gasteiger partial charge in [0.1, 0.15) is 0 Å². The van der Waals surface area contributed by atoms with Crippen LogP contribution in [0.15, 0.2) is 18.2 Å². The summed E-state index contributed by atoms with van der Waals surface area (Å²) >= 11 is 5.90. The molecule has 1 aromatic rings. The molecule has 0 saturated carbocycles. The quantitative estimate of drug-likeness (QED) is 0.687. The molecule has 2 unspecified atom stereocenters. The Bertz CT molecular complexity index is 340. The van der Waals surface area contributed by atoms with Crippen molar-refractivity contribution in [2.24, 2.45) is 0 Å². The van der Waals surface area contributed by atoms with E-state index in [2.05, 4.69) is 12.2 Å². The van der Waals surface area contributed by atoms with E-state index in [0.29, 0.717) is 17.6 Å². The molecule has 0 amide bonds. The summed E-state index contributed by atoms with van der Waals surface area (Å²) in [6, 6.07) is 6.16. The van der Waals surface area contributed by atoms with Crippen molar-refractivity contribution in [1.82, 2.24) is 5.32 Å². The minimum absolute atomic E-state index is 0.409. The molecule has 2 atom stereocenters. The fraction of sp³-hybridized carbons (Fsp3) is 0.455. The third kappa shape index (κ3) is 1.92. The van der Waals surface area contributed by atoms with Crippen molar-refractivity contribution in [2.45, 2.75) is 25.5 Å². The van der Waals surface area contributed by atoms with Crippen LogP contribution in [-0.2, 0) is 6.42 Å². The number of rotatable bonds is 0. The summed E-state index contributed by atoms with van der Waals surface area (Å²) in [6.45, 7) is 2.73. The Morgan fingerprint density at radius 3 is 3.07 bits per heavy atom. The maximum Gasteiger partial charge on any atom is 0.0917 e. The third-order valence-corrected chi connectivity index (χ3v) is 2.89. The highest BCUT2D eigenvalue weighted by Crippen LogP contribution is 2.25. The van der Waals surface area contributed by atoms with Gasteiger partial charge in [-0.05, 0) is 36.6 Å². The molecule has 0 fully saturated rings. The Morgan fingerprint density at radius 1 is 1.50 bits per heavy atom. The second-order valence-corrected chi connectivity index (χ2v) is 4.31. The molecule has 76 valence electrons. The van der Waals surface area contributed by atoms with Gasteiger partial charge in [0.15, 0.2) is 0 Å². The average molecular weight is 212 g/mol. The first-order valence-corrected chi connectivity index (χ1v) is 5.24. The molecule has 1 aliphatic heterocycles. The zero-order chi connectivity index (χ0) is 10.1. The smallest absolute Gasteiger partial charge is 0.0917 e. The lowest BCUT2D eigenvalue weighted by molar-refractivity contribution is 0.175. The second kappa shape index (κ2) is 3.89. The number of fused-ring (bicyclic) bond motifs is 1. The first-order chi connectivity index (χ1) is 6.66. The maximum atomic E-state index is 9.86. The molecule has 14 heavy (non-hydrogen) atoms. The largest absolute Gasteiger partial charge is 0.387 e. The Kier molecular flexibility index (Phi) is 2.77. The van der Waals surface area contributed by atoms with Crippen LogP contribution in [-0.4, -0.2) is 17.7 Å². The van der Waals surface area contributed by atoms with E-state index in [4.69, 9.17) is 11.6 Å². The number of nitrogens with one attached hydrogen (secondary N) is 1. The van der Waals surface area contributed by atoms with E-state index in [1.165, 1.54) is 5.56 Å². The van der Waals surface area contributed by atoms with Crippen molar-refractivity contribution in [3.63, 3.8) is 0 Å². The highest BCUT2D eigenvalue weighted by molar-refractivity contribution is 6.30. The topological polar surface area (TPSA) is 32.3 Å². The fourth-order valence-corrected chi connectivity index (χ4v) is 2.07. The van der Waals surface area contributed by atoms with Crippen molar-refractivity contribution in [3.05, 3.63) is 34.3 Å². The van der Waals surface area contributed by atoms with E-state index in [9.17, 15) is 5.11 Å². The standard InChI is InChI=1S/C11H14ClNO/c1-7-4-8-2-3-9(12)5-10(8)11(14)6-13-7/h2-3,5,7,11,13-14H,4,6H2,1H3. The molecule has 0 aromatic heterocycles. The first kappa shape index (κ1) is 9.97. The van der Waals surface area contributed by atoms with Gasteiger partial charge in [-0.3, -0.25) is 0 Å². The second-order valence-electron chi connectivity index (χ2n) is 3.87. The van der Waals surface area contributed by atoms with Crippen LogP contribution >= 0.6 is 11.6 Å². The Labute approximate surface area is 88.9 Å². The van der Waals surface area contributed by atoms with Gasteiger partial charge in [0.2, 0.25) is 0 Å². The minimum Gasteiger partial charge on any atom is -0.387 e. The van der Waals surface area contributed by atoms with Crippen LogP contribution in [0.1, 0.15) is 24.2 Å². The third-order valence-electron chi connectivity index (χ3n) is 2.65. The fourth-order valence-electron chi connectivity index (χ4n) is 1.89. The SMILES string of the molecule is CC1Cc2ccc(Cl)cc2C(O)CN1. The van der Waals surface area contributed by atoms with E-state index < -0.39 is 6.10 Å². The lowest BCUT2D eigenvalue weighted by atomic mass is 10.00. The summed E-state index contributed by atoms with van der Waals surface area (Å²) in [5.41, 5.74) is 2.16. The molecule has 2 N–H and O–H groups in total. The highest BCUT2D eigenvalue weighted by Gasteiger charge is 2.19. The maximum absolute atomic E-state index is 9.86. The average Bonchev–Trinajstić information content (AvgIpc) is 2.29. The summed E-state index contributed by atoms with van der Waals surface area (Å²) in [7, 11) is 0. The molecule has 1 heterocycles. The molecule has 2 rings (SSSR count). The predicted octanol–water partition coefficient (Wildman–Crippen LogP) is 1.91. The van der Waals surface area contributed by atoms with Gasteiger partial charge in [-0.2, -0.15) is 0 Å². The predicted molar refractivity (Wildman–Crippen MR) is 57.6 cm³/mol. The zero-order valence-corrected chi connectivity index (χ0v) is 8.88. The normalized spacial score (nSPS) is 26.8. The van der Waals surface area contributed by atoms with Gasteiger partial charge in [0.05, 0.1) is 6.10 Å². The van der Waals surface area contributed by atoms with Gasteiger partial charge in [-0.15, -0.1) is 0 Å². The monoisotopic (exact) mass is 211 g/mol. The summed E-state index contributed by atoms with van der Waals surface area (Å²) in [6.07, 6.45) is 0.512. The number of aliphatic hydroxyl groups is 1. The van der Waals surface area contributed by atoms with Gasteiger partial charge >= 0.3 is 0 Å². The van der Waals surface area contributed by atoms with Crippen LogP contribution in [0.5, 0.6) is 0 Å². The molecule has 0 bridgehead atoms. The van der Waals surface area contributed by atoms with Gasteiger partial charge in [-0.25, -0.2) is 0 Å². The van der Waals surface area contributed by atoms with Crippen LogP contribution in [0.3, 0.4) is 0 Å². The van der Waals surface area contributed by atoms with Crippen LogP contribution in [0.2, 0.25) is 5.02 Å². The molecule has 0 radical (unpaired) electrons. The molecular weight excluding hydrogens is 198 g/mol. The molecule has 1 aromatic carbocycles. The van der Waals surface area contributed by atoms with Gasteiger partial charge < -0.3 is 10.4 Å². The molecule has 0 spiro atoms. The van der Waals surface area contributed by atoms with Crippen LogP contribution < -0.4 is 5.32 Å². The van der Waals surface area contributed by atoms with E-state index >= 15 is 0 Å². The Balaban J connectivity index is 2.42. The highest BCUT2D eigenvalue weighted by atomic mass is 35.5. The molecule has 2 nitrogen and oxygen atoms in total. The van der Waals surface area contributed by atoms with Crippen LogP contribution in [0.4, 0.5) is 0 Å². The number of benzene rings is 1. The molecule has 0 saturated heterocycles. The van der Waals surface area contributed by atoms with Gasteiger partial charge in [-0.1, -0.05) is 17.7 Å². The van der Waals surface area contributed by atoms with Gasteiger partial charge in [0, 0.05) is 17.6 Å². The summed E-state index contributed by atoms with van der Waals surface area (Å²) in [5.74, 6) is 0. The van der Waals surface area contributed by atoms with E-state index in [-0.39, 0.29) is 0 Å². The van der Waals surface area contributed by atoms with E-state index in [1.54, 1.807) is 0 Å². The summed E-state index contributed by atoms with van der Waals surface area (Å²) in [5, 5.41) is 13.8. The first-order valence-electron chi connectivity index (χ1n) is 4.86. The summed E-state index contributed by atoms with van der Waals surface area (Å²) < 4.78 is 0. The number of β-amino-alcohol motifs (C(OH)–C–C–N with tert-alkyl or cyclic N) is 1. The number of halogens is 1. The van der Waals surface area contributed by atoms with Crippen molar-refractivity contribution in [1.29, 1.82) is 0 Å².